The summed E-state index contributed by atoms with van der Waals surface area (Å²) in [6.45, 7) is 4.20. The zero-order valence-corrected chi connectivity index (χ0v) is 15.0. The molecule has 24 heavy (non-hydrogen) atoms. The highest BCUT2D eigenvalue weighted by atomic mass is 32.1. The second kappa shape index (κ2) is 9.23. The summed E-state index contributed by atoms with van der Waals surface area (Å²) in [7, 11) is 0. The first-order chi connectivity index (χ1) is 11.6. The number of hydrogen-bond donors (Lipinski definition) is 2. The average Bonchev–Trinajstić information content (AvgIpc) is 3.10. The predicted molar refractivity (Wildman–Crippen MR) is 99.8 cm³/mol. The lowest BCUT2D eigenvalue weighted by Crippen LogP contribution is -2.32. The Labute approximate surface area is 147 Å². The lowest BCUT2D eigenvalue weighted by Gasteiger charge is -2.14. The maximum absolute atomic E-state index is 12.2. The van der Waals surface area contributed by atoms with E-state index in [1.165, 1.54) is 24.2 Å². The Balaban J connectivity index is 1.86. The van der Waals surface area contributed by atoms with Gasteiger partial charge in [0.1, 0.15) is 0 Å². The van der Waals surface area contributed by atoms with Crippen LogP contribution in [-0.4, -0.2) is 17.9 Å². The molecule has 0 saturated carbocycles. The van der Waals surface area contributed by atoms with E-state index in [-0.39, 0.29) is 17.9 Å². The molecule has 1 heterocycles. The first-order valence-corrected chi connectivity index (χ1v) is 9.24. The molecule has 128 valence electrons. The van der Waals surface area contributed by atoms with Crippen LogP contribution in [0.4, 0.5) is 5.69 Å². The summed E-state index contributed by atoms with van der Waals surface area (Å²) in [5.41, 5.74) is 1.28. The van der Waals surface area contributed by atoms with Crippen molar-refractivity contribution in [2.45, 2.75) is 45.6 Å². The zero-order chi connectivity index (χ0) is 17.4. The zero-order valence-electron chi connectivity index (χ0n) is 14.2. The number of thiophene rings is 1. The number of nitrogens with one attached hydrogen (secondary N) is 2. The van der Waals surface area contributed by atoms with Crippen molar-refractivity contribution in [2.24, 2.45) is 0 Å². The summed E-state index contributed by atoms with van der Waals surface area (Å²) < 4.78 is 0. The van der Waals surface area contributed by atoms with Gasteiger partial charge in [-0.05, 0) is 49.1 Å². The Bertz CT molecular complexity index is 651. The number of carbonyl (C=O) groups excluding carboxylic acids is 2. The molecule has 2 rings (SSSR count). The van der Waals surface area contributed by atoms with Crippen molar-refractivity contribution in [3.05, 3.63) is 52.2 Å². The number of rotatable bonds is 8. The van der Waals surface area contributed by atoms with Crippen LogP contribution in [-0.2, 0) is 0 Å². The third-order valence-electron chi connectivity index (χ3n) is 3.77. The van der Waals surface area contributed by atoms with E-state index in [1.54, 1.807) is 30.3 Å². The number of amides is 2. The SMILES string of the molecule is CCCCCC(C)NC(=O)c1ccc(NC(=O)c2cccs2)cc1. The number of benzene rings is 1. The molecule has 0 radical (unpaired) electrons. The fourth-order valence-corrected chi connectivity index (χ4v) is 3.00. The molecule has 0 aliphatic carbocycles. The Morgan fingerprint density at radius 2 is 1.83 bits per heavy atom. The van der Waals surface area contributed by atoms with Crippen molar-refractivity contribution in [3.8, 4) is 0 Å². The predicted octanol–water partition coefficient (Wildman–Crippen LogP) is 4.70. The minimum atomic E-state index is -0.133. The molecule has 1 atom stereocenters. The molecule has 0 spiro atoms. The first kappa shape index (κ1) is 18.2. The van der Waals surface area contributed by atoms with Gasteiger partial charge in [-0.3, -0.25) is 9.59 Å². The molecule has 0 aliphatic rings. The largest absolute Gasteiger partial charge is 0.350 e. The van der Waals surface area contributed by atoms with E-state index in [2.05, 4.69) is 17.6 Å². The maximum Gasteiger partial charge on any atom is 0.265 e. The molecule has 2 N–H and O–H groups in total. The van der Waals surface area contributed by atoms with Crippen LogP contribution in [0.3, 0.4) is 0 Å². The molecule has 5 heteroatoms. The standard InChI is InChI=1S/C19H24N2O2S/c1-3-4-5-7-14(2)20-18(22)15-9-11-16(12-10-15)21-19(23)17-8-6-13-24-17/h6,8-14H,3-5,7H2,1-2H3,(H,20,22)(H,21,23). The van der Waals surface area contributed by atoms with E-state index in [4.69, 9.17) is 0 Å². The van der Waals surface area contributed by atoms with Crippen molar-refractivity contribution in [3.63, 3.8) is 0 Å². The summed E-state index contributed by atoms with van der Waals surface area (Å²) in [5.74, 6) is -0.207. The quantitative estimate of drug-likeness (QED) is 0.682. The van der Waals surface area contributed by atoms with Crippen molar-refractivity contribution >= 4 is 28.8 Å². The minimum Gasteiger partial charge on any atom is -0.350 e. The first-order valence-electron chi connectivity index (χ1n) is 8.36. The normalized spacial score (nSPS) is 11.8. The fourth-order valence-electron chi connectivity index (χ4n) is 2.39. The van der Waals surface area contributed by atoms with Gasteiger partial charge in [-0.1, -0.05) is 32.3 Å². The summed E-state index contributed by atoms with van der Waals surface area (Å²) in [4.78, 5) is 24.9. The highest BCUT2D eigenvalue weighted by molar-refractivity contribution is 7.12. The van der Waals surface area contributed by atoms with Crippen LogP contribution in [0.1, 0.15) is 59.6 Å². The van der Waals surface area contributed by atoms with E-state index in [0.717, 1.165) is 12.8 Å². The molecule has 0 fully saturated rings. The molecule has 1 aromatic carbocycles. The number of carbonyl (C=O) groups is 2. The molecule has 1 unspecified atom stereocenters. The summed E-state index contributed by atoms with van der Waals surface area (Å²) in [6, 6.07) is 10.8. The number of unbranched alkanes of at least 4 members (excludes halogenated alkanes) is 2. The smallest absolute Gasteiger partial charge is 0.265 e. The van der Waals surface area contributed by atoms with Crippen molar-refractivity contribution in [1.82, 2.24) is 5.32 Å². The molecule has 4 nitrogen and oxygen atoms in total. The van der Waals surface area contributed by atoms with Crippen LogP contribution in [0.5, 0.6) is 0 Å². The van der Waals surface area contributed by atoms with Crippen molar-refractivity contribution < 1.29 is 9.59 Å². The van der Waals surface area contributed by atoms with Gasteiger partial charge in [0.2, 0.25) is 0 Å². The second-order valence-electron chi connectivity index (χ2n) is 5.88. The van der Waals surface area contributed by atoms with Gasteiger partial charge in [-0.25, -0.2) is 0 Å². The Kier molecular flexibility index (Phi) is 7.00. The average molecular weight is 344 g/mol. The third-order valence-corrected chi connectivity index (χ3v) is 4.64. The highest BCUT2D eigenvalue weighted by Gasteiger charge is 2.11. The molecular formula is C19H24N2O2S. The van der Waals surface area contributed by atoms with Gasteiger partial charge in [-0.15, -0.1) is 11.3 Å². The van der Waals surface area contributed by atoms with E-state index in [9.17, 15) is 9.59 Å². The summed E-state index contributed by atoms with van der Waals surface area (Å²) >= 11 is 1.40. The molecule has 0 aliphatic heterocycles. The van der Waals surface area contributed by atoms with Crippen LogP contribution in [0.15, 0.2) is 41.8 Å². The van der Waals surface area contributed by atoms with Crippen LogP contribution in [0, 0.1) is 0 Å². The summed E-state index contributed by atoms with van der Waals surface area (Å²) in [5, 5.41) is 7.70. The van der Waals surface area contributed by atoms with E-state index >= 15 is 0 Å². The third kappa shape index (κ3) is 5.49. The lowest BCUT2D eigenvalue weighted by atomic mass is 10.1. The van der Waals surface area contributed by atoms with Gasteiger partial charge < -0.3 is 10.6 Å². The van der Waals surface area contributed by atoms with Gasteiger partial charge in [0.25, 0.3) is 11.8 Å². The Hall–Kier alpha value is -2.14. The Morgan fingerprint density at radius 1 is 1.08 bits per heavy atom. The maximum atomic E-state index is 12.2. The van der Waals surface area contributed by atoms with Gasteiger partial charge in [-0.2, -0.15) is 0 Å². The van der Waals surface area contributed by atoms with Gasteiger partial charge in [0, 0.05) is 17.3 Å². The number of anilines is 1. The topological polar surface area (TPSA) is 58.2 Å². The van der Waals surface area contributed by atoms with Crippen molar-refractivity contribution in [2.75, 3.05) is 5.32 Å². The van der Waals surface area contributed by atoms with Crippen LogP contribution >= 0.6 is 11.3 Å². The van der Waals surface area contributed by atoms with Crippen LogP contribution < -0.4 is 10.6 Å². The second-order valence-corrected chi connectivity index (χ2v) is 6.83. The van der Waals surface area contributed by atoms with Gasteiger partial charge in [0.15, 0.2) is 0 Å². The fraction of sp³-hybridized carbons (Fsp3) is 0.368. The van der Waals surface area contributed by atoms with E-state index < -0.39 is 0 Å². The van der Waals surface area contributed by atoms with Crippen LogP contribution in [0.25, 0.3) is 0 Å². The van der Waals surface area contributed by atoms with Crippen LogP contribution in [0.2, 0.25) is 0 Å². The molecule has 0 saturated heterocycles. The summed E-state index contributed by atoms with van der Waals surface area (Å²) in [6.07, 6.45) is 4.50. The highest BCUT2D eigenvalue weighted by Crippen LogP contribution is 2.14. The van der Waals surface area contributed by atoms with Crippen molar-refractivity contribution in [1.29, 1.82) is 0 Å². The molecule has 2 aromatic rings. The lowest BCUT2D eigenvalue weighted by molar-refractivity contribution is 0.0937. The molecule has 2 amide bonds. The molecule has 1 aromatic heterocycles. The monoisotopic (exact) mass is 344 g/mol. The molecular weight excluding hydrogens is 320 g/mol. The Morgan fingerprint density at radius 3 is 2.46 bits per heavy atom. The van der Waals surface area contributed by atoms with Gasteiger partial charge >= 0.3 is 0 Å². The van der Waals surface area contributed by atoms with E-state index in [0.29, 0.717) is 16.1 Å². The molecule has 0 bridgehead atoms. The van der Waals surface area contributed by atoms with Gasteiger partial charge in [0.05, 0.1) is 4.88 Å². The minimum absolute atomic E-state index is 0.0740. The van der Waals surface area contributed by atoms with E-state index in [1.807, 2.05) is 18.4 Å². The number of hydrogen-bond acceptors (Lipinski definition) is 3.